The zero-order chi connectivity index (χ0) is 11.4. The Bertz CT molecular complexity index is 398. The first kappa shape index (κ1) is 11.3. The van der Waals surface area contributed by atoms with Crippen molar-refractivity contribution >= 4 is 5.82 Å². The third-order valence-corrected chi connectivity index (χ3v) is 1.97. The number of aromatic nitrogens is 1. The summed E-state index contributed by atoms with van der Waals surface area (Å²) in [7, 11) is 0. The van der Waals surface area contributed by atoms with E-state index in [0.717, 1.165) is 0 Å². The molecule has 0 saturated carbocycles. The number of nitriles is 1. The van der Waals surface area contributed by atoms with Gasteiger partial charge in [0.05, 0.1) is 12.5 Å². The Balaban J connectivity index is 3.25. The molecule has 1 heterocycles. The summed E-state index contributed by atoms with van der Waals surface area (Å²) >= 11 is 0. The van der Waals surface area contributed by atoms with Gasteiger partial charge in [0, 0.05) is 12.1 Å². The van der Waals surface area contributed by atoms with Gasteiger partial charge in [0.15, 0.2) is 0 Å². The van der Waals surface area contributed by atoms with E-state index in [1.807, 2.05) is 6.07 Å². The van der Waals surface area contributed by atoms with E-state index in [-0.39, 0.29) is 18.8 Å². The largest absolute Gasteiger partial charge is 0.383 e. The fourth-order valence-corrected chi connectivity index (χ4v) is 1.25. The lowest BCUT2D eigenvalue weighted by Gasteiger charge is -2.09. The molecule has 0 unspecified atom stereocenters. The molecule has 0 aliphatic heterocycles. The predicted molar refractivity (Wildman–Crippen MR) is 50.8 cm³/mol. The number of hydrogen-bond acceptors (Lipinski definition) is 4. The highest BCUT2D eigenvalue weighted by Crippen LogP contribution is 2.23. The highest BCUT2D eigenvalue weighted by molar-refractivity contribution is 5.47. The summed E-state index contributed by atoms with van der Waals surface area (Å²) in [6, 6.07) is 3.07. The van der Waals surface area contributed by atoms with Crippen LogP contribution in [0.15, 0.2) is 6.07 Å². The fourth-order valence-electron chi connectivity index (χ4n) is 1.25. The molecule has 1 aromatic heterocycles. The first-order valence-corrected chi connectivity index (χ1v) is 4.23. The van der Waals surface area contributed by atoms with Gasteiger partial charge in [-0.1, -0.05) is 0 Å². The summed E-state index contributed by atoms with van der Waals surface area (Å²) in [4.78, 5) is 3.52. The van der Waals surface area contributed by atoms with Gasteiger partial charge in [-0.05, 0) is 11.6 Å². The second-order valence-corrected chi connectivity index (χ2v) is 2.91. The van der Waals surface area contributed by atoms with Crippen LogP contribution < -0.4 is 11.5 Å². The minimum atomic E-state index is -2.69. The molecule has 0 radical (unpaired) electrons. The SMILES string of the molecule is N#CCc1c(CN)cc(C(F)F)nc1N. The van der Waals surface area contributed by atoms with Crippen molar-refractivity contribution in [3.8, 4) is 6.07 Å². The summed E-state index contributed by atoms with van der Waals surface area (Å²) in [5, 5.41) is 8.52. The van der Waals surface area contributed by atoms with Gasteiger partial charge in [-0.25, -0.2) is 13.8 Å². The van der Waals surface area contributed by atoms with Crippen molar-refractivity contribution in [3.05, 3.63) is 22.9 Å². The highest BCUT2D eigenvalue weighted by atomic mass is 19.3. The van der Waals surface area contributed by atoms with Crippen LogP contribution in [0.3, 0.4) is 0 Å². The van der Waals surface area contributed by atoms with E-state index in [1.54, 1.807) is 0 Å². The summed E-state index contributed by atoms with van der Waals surface area (Å²) in [5.74, 6) is -0.0465. The topological polar surface area (TPSA) is 88.7 Å². The lowest BCUT2D eigenvalue weighted by molar-refractivity contribution is 0.146. The number of hydrogen-bond donors (Lipinski definition) is 2. The molecule has 0 bridgehead atoms. The molecular formula is C9H10F2N4. The number of pyridine rings is 1. The van der Waals surface area contributed by atoms with Crippen LogP contribution in [0.1, 0.15) is 23.2 Å². The number of halogens is 2. The number of nitrogens with two attached hydrogens (primary N) is 2. The summed E-state index contributed by atoms with van der Waals surface area (Å²) < 4.78 is 24.7. The van der Waals surface area contributed by atoms with Gasteiger partial charge in [-0.3, -0.25) is 0 Å². The zero-order valence-corrected chi connectivity index (χ0v) is 7.87. The molecule has 0 atom stereocenters. The molecule has 0 amide bonds. The fraction of sp³-hybridized carbons (Fsp3) is 0.333. The molecule has 4 nitrogen and oxygen atoms in total. The molecule has 0 aromatic carbocycles. The van der Waals surface area contributed by atoms with Crippen molar-refractivity contribution in [1.82, 2.24) is 4.98 Å². The first-order chi connectivity index (χ1) is 7.10. The average Bonchev–Trinajstić information content (AvgIpc) is 2.20. The van der Waals surface area contributed by atoms with Crippen LogP contribution in [-0.2, 0) is 13.0 Å². The molecule has 6 heteroatoms. The molecule has 80 valence electrons. The van der Waals surface area contributed by atoms with E-state index in [9.17, 15) is 8.78 Å². The second kappa shape index (κ2) is 4.66. The number of alkyl halides is 2. The highest BCUT2D eigenvalue weighted by Gasteiger charge is 2.14. The smallest absolute Gasteiger partial charge is 0.280 e. The van der Waals surface area contributed by atoms with E-state index in [2.05, 4.69) is 4.98 Å². The minimum Gasteiger partial charge on any atom is -0.383 e. The molecule has 4 N–H and O–H groups in total. The molecule has 0 aliphatic rings. The Labute approximate surface area is 85.5 Å². The lowest BCUT2D eigenvalue weighted by atomic mass is 10.1. The minimum absolute atomic E-state index is 0.0227. The number of rotatable bonds is 3. The Morgan fingerprint density at radius 3 is 2.67 bits per heavy atom. The summed E-state index contributed by atoms with van der Waals surface area (Å²) in [6.45, 7) is 0.0590. The van der Waals surface area contributed by atoms with Crippen LogP contribution in [-0.4, -0.2) is 4.98 Å². The van der Waals surface area contributed by atoms with Crippen molar-refractivity contribution in [2.45, 2.75) is 19.4 Å². The number of nitrogens with zero attached hydrogens (tertiary/aromatic N) is 2. The zero-order valence-electron chi connectivity index (χ0n) is 7.87. The molecule has 0 saturated heterocycles. The Kier molecular flexibility index (Phi) is 3.52. The summed E-state index contributed by atoms with van der Waals surface area (Å²) in [6.07, 6.45) is -2.66. The molecule has 15 heavy (non-hydrogen) atoms. The van der Waals surface area contributed by atoms with Gasteiger partial charge in [-0.2, -0.15) is 5.26 Å². The van der Waals surface area contributed by atoms with Crippen LogP contribution in [0.4, 0.5) is 14.6 Å². The Morgan fingerprint density at radius 2 is 2.20 bits per heavy atom. The van der Waals surface area contributed by atoms with Gasteiger partial charge in [0.1, 0.15) is 11.5 Å². The third kappa shape index (κ3) is 2.39. The number of anilines is 1. The predicted octanol–water partition coefficient (Wildman–Crippen LogP) is 1.13. The van der Waals surface area contributed by atoms with Crippen LogP contribution in [0.25, 0.3) is 0 Å². The van der Waals surface area contributed by atoms with E-state index >= 15 is 0 Å². The Hall–Kier alpha value is -1.74. The molecule has 0 aliphatic carbocycles. The monoisotopic (exact) mass is 212 g/mol. The van der Waals surface area contributed by atoms with Crippen molar-refractivity contribution in [1.29, 1.82) is 5.26 Å². The number of nitrogen functional groups attached to an aromatic ring is 1. The second-order valence-electron chi connectivity index (χ2n) is 2.91. The molecular weight excluding hydrogens is 202 g/mol. The van der Waals surface area contributed by atoms with E-state index in [4.69, 9.17) is 16.7 Å². The van der Waals surface area contributed by atoms with E-state index < -0.39 is 12.1 Å². The van der Waals surface area contributed by atoms with Crippen molar-refractivity contribution < 1.29 is 8.78 Å². The molecule has 0 spiro atoms. The van der Waals surface area contributed by atoms with Gasteiger partial charge in [0.25, 0.3) is 6.43 Å². The van der Waals surface area contributed by atoms with Gasteiger partial charge in [0.2, 0.25) is 0 Å². The van der Waals surface area contributed by atoms with Gasteiger partial charge in [-0.15, -0.1) is 0 Å². The molecule has 1 rings (SSSR count). The normalized spacial score (nSPS) is 10.3. The molecule has 1 aromatic rings. The lowest BCUT2D eigenvalue weighted by Crippen LogP contribution is -2.09. The Morgan fingerprint density at radius 1 is 1.53 bits per heavy atom. The first-order valence-electron chi connectivity index (χ1n) is 4.23. The summed E-state index contributed by atoms with van der Waals surface area (Å²) in [5.41, 5.74) is 11.3. The maximum atomic E-state index is 12.4. The maximum absolute atomic E-state index is 12.4. The van der Waals surface area contributed by atoms with Gasteiger partial charge < -0.3 is 11.5 Å². The van der Waals surface area contributed by atoms with Crippen molar-refractivity contribution in [2.75, 3.05) is 5.73 Å². The van der Waals surface area contributed by atoms with E-state index in [1.165, 1.54) is 6.07 Å². The maximum Gasteiger partial charge on any atom is 0.280 e. The van der Waals surface area contributed by atoms with Crippen LogP contribution >= 0.6 is 0 Å². The van der Waals surface area contributed by atoms with Gasteiger partial charge >= 0.3 is 0 Å². The quantitative estimate of drug-likeness (QED) is 0.785. The van der Waals surface area contributed by atoms with Crippen molar-refractivity contribution in [2.24, 2.45) is 5.73 Å². The third-order valence-electron chi connectivity index (χ3n) is 1.97. The van der Waals surface area contributed by atoms with Crippen LogP contribution in [0.2, 0.25) is 0 Å². The van der Waals surface area contributed by atoms with Crippen LogP contribution in [0.5, 0.6) is 0 Å². The van der Waals surface area contributed by atoms with Crippen molar-refractivity contribution in [3.63, 3.8) is 0 Å². The molecule has 0 fully saturated rings. The average molecular weight is 212 g/mol. The standard InChI is InChI=1S/C9H10F2N4/c10-8(11)7-3-5(4-13)6(1-2-12)9(14)15-7/h3,8H,1,4,13H2,(H2,14,15). The van der Waals surface area contributed by atoms with E-state index in [0.29, 0.717) is 11.1 Å². The van der Waals surface area contributed by atoms with Crippen LogP contribution in [0, 0.1) is 11.3 Å².